The molecule has 3 rings (SSSR count). The third kappa shape index (κ3) is 2.67. The van der Waals surface area contributed by atoms with Gasteiger partial charge in [0.1, 0.15) is 5.75 Å². The smallest absolute Gasteiger partial charge is 0.230 e. The van der Waals surface area contributed by atoms with Gasteiger partial charge in [0.15, 0.2) is 0 Å². The maximum absolute atomic E-state index is 6.01. The largest absolute Gasteiger partial charge is 0.497 e. The summed E-state index contributed by atoms with van der Waals surface area (Å²) in [4.78, 5) is 4.52. The van der Waals surface area contributed by atoms with Gasteiger partial charge in [-0.15, -0.1) is 0 Å². The highest BCUT2D eigenvalue weighted by Crippen LogP contribution is 2.32. The van der Waals surface area contributed by atoms with E-state index in [1.54, 1.807) is 7.11 Å². The summed E-state index contributed by atoms with van der Waals surface area (Å²) in [5.74, 6) is 2.46. The van der Waals surface area contributed by atoms with E-state index in [4.69, 9.17) is 15.0 Å². The zero-order valence-electron chi connectivity index (χ0n) is 11.6. The highest BCUT2D eigenvalue weighted by Gasteiger charge is 2.25. The molecule has 2 unspecified atom stereocenters. The molecule has 0 spiro atoms. The monoisotopic (exact) mass is 273 g/mol. The summed E-state index contributed by atoms with van der Waals surface area (Å²) in [5, 5.41) is 4.07. The van der Waals surface area contributed by atoms with Crippen LogP contribution in [0.5, 0.6) is 5.75 Å². The first kappa shape index (κ1) is 13.1. The van der Waals surface area contributed by atoms with Crippen molar-refractivity contribution in [3.05, 3.63) is 30.2 Å². The molecule has 5 heteroatoms. The second-order valence-corrected chi connectivity index (χ2v) is 5.31. The fourth-order valence-electron chi connectivity index (χ4n) is 2.71. The van der Waals surface area contributed by atoms with Crippen molar-refractivity contribution in [1.82, 2.24) is 10.1 Å². The minimum Gasteiger partial charge on any atom is -0.497 e. The Morgan fingerprint density at radius 2 is 2.05 bits per heavy atom. The van der Waals surface area contributed by atoms with Gasteiger partial charge in [-0.25, -0.2) is 0 Å². The lowest BCUT2D eigenvalue weighted by atomic mass is 9.86. The van der Waals surface area contributed by atoms with Crippen LogP contribution < -0.4 is 10.5 Å². The van der Waals surface area contributed by atoms with Crippen LogP contribution in [0.2, 0.25) is 0 Å². The lowest BCUT2D eigenvalue weighted by molar-refractivity contribution is 0.299. The first-order valence-electron chi connectivity index (χ1n) is 7.00. The first-order valence-corrected chi connectivity index (χ1v) is 7.00. The SMILES string of the molecule is COc1ccc(-c2noc(C3CCCC(N)C3)n2)cc1. The molecular weight excluding hydrogens is 254 g/mol. The minimum atomic E-state index is 0.255. The summed E-state index contributed by atoms with van der Waals surface area (Å²) in [6.07, 6.45) is 4.24. The van der Waals surface area contributed by atoms with Crippen molar-refractivity contribution in [3.8, 4) is 17.1 Å². The molecular formula is C15H19N3O2. The zero-order valence-corrected chi connectivity index (χ0v) is 11.6. The fraction of sp³-hybridized carbons (Fsp3) is 0.467. The Morgan fingerprint density at radius 3 is 2.75 bits per heavy atom. The van der Waals surface area contributed by atoms with E-state index in [0.29, 0.717) is 17.6 Å². The highest BCUT2D eigenvalue weighted by molar-refractivity contribution is 5.55. The van der Waals surface area contributed by atoms with Crippen molar-refractivity contribution in [2.45, 2.75) is 37.6 Å². The van der Waals surface area contributed by atoms with Gasteiger partial charge in [0.25, 0.3) is 0 Å². The maximum Gasteiger partial charge on any atom is 0.230 e. The van der Waals surface area contributed by atoms with Crippen LogP contribution in [0, 0.1) is 0 Å². The molecule has 2 atom stereocenters. The normalized spacial score (nSPS) is 22.7. The Balaban J connectivity index is 1.78. The van der Waals surface area contributed by atoms with Crippen LogP contribution in [-0.2, 0) is 0 Å². The molecule has 1 heterocycles. The molecule has 1 aliphatic rings. The van der Waals surface area contributed by atoms with Gasteiger partial charge in [0.05, 0.1) is 7.11 Å². The van der Waals surface area contributed by atoms with Crippen LogP contribution >= 0.6 is 0 Å². The van der Waals surface area contributed by atoms with Gasteiger partial charge in [-0.1, -0.05) is 11.6 Å². The van der Waals surface area contributed by atoms with Crippen LogP contribution in [0.4, 0.5) is 0 Å². The number of rotatable bonds is 3. The van der Waals surface area contributed by atoms with E-state index in [9.17, 15) is 0 Å². The number of nitrogens with two attached hydrogens (primary N) is 1. The van der Waals surface area contributed by atoms with Crippen molar-refractivity contribution in [3.63, 3.8) is 0 Å². The van der Waals surface area contributed by atoms with Crippen molar-refractivity contribution < 1.29 is 9.26 Å². The van der Waals surface area contributed by atoms with Gasteiger partial charge in [0.2, 0.25) is 11.7 Å². The van der Waals surface area contributed by atoms with E-state index >= 15 is 0 Å². The van der Waals surface area contributed by atoms with E-state index in [1.807, 2.05) is 24.3 Å². The summed E-state index contributed by atoms with van der Waals surface area (Å²) in [5.41, 5.74) is 6.94. The Bertz CT molecular complexity index is 565. The van der Waals surface area contributed by atoms with Gasteiger partial charge in [0, 0.05) is 17.5 Å². The molecule has 1 aromatic heterocycles. The Hall–Kier alpha value is -1.88. The molecule has 0 amide bonds. The number of methoxy groups -OCH3 is 1. The molecule has 0 radical (unpaired) electrons. The maximum atomic E-state index is 6.01. The number of nitrogens with zero attached hydrogens (tertiary/aromatic N) is 2. The Morgan fingerprint density at radius 1 is 1.25 bits per heavy atom. The van der Waals surface area contributed by atoms with Crippen molar-refractivity contribution in [2.24, 2.45) is 5.73 Å². The predicted octanol–water partition coefficient (Wildman–Crippen LogP) is 2.73. The quantitative estimate of drug-likeness (QED) is 0.930. The molecule has 20 heavy (non-hydrogen) atoms. The third-order valence-electron chi connectivity index (χ3n) is 3.85. The van der Waals surface area contributed by atoms with Gasteiger partial charge >= 0.3 is 0 Å². The average Bonchev–Trinajstić information content (AvgIpc) is 2.97. The molecule has 1 fully saturated rings. The van der Waals surface area contributed by atoms with Crippen molar-refractivity contribution in [1.29, 1.82) is 0 Å². The second-order valence-electron chi connectivity index (χ2n) is 5.31. The number of hydrogen-bond donors (Lipinski definition) is 1. The third-order valence-corrected chi connectivity index (χ3v) is 3.85. The van der Waals surface area contributed by atoms with Gasteiger partial charge in [-0.05, 0) is 43.5 Å². The summed E-state index contributed by atoms with van der Waals surface area (Å²) in [6.45, 7) is 0. The molecule has 0 aliphatic heterocycles. The van der Waals surface area contributed by atoms with E-state index in [-0.39, 0.29) is 6.04 Å². The molecule has 1 aromatic carbocycles. The summed E-state index contributed by atoms with van der Waals surface area (Å²) in [6, 6.07) is 7.90. The standard InChI is InChI=1S/C15H19N3O2/c1-19-13-7-5-10(6-8-13)14-17-15(20-18-14)11-3-2-4-12(16)9-11/h5-8,11-12H,2-4,9,16H2,1H3. The van der Waals surface area contributed by atoms with Crippen LogP contribution in [0.15, 0.2) is 28.8 Å². The molecule has 106 valence electrons. The van der Waals surface area contributed by atoms with Crippen LogP contribution in [-0.4, -0.2) is 23.3 Å². The molecule has 0 saturated heterocycles. The lowest BCUT2D eigenvalue weighted by Gasteiger charge is -2.23. The summed E-state index contributed by atoms with van der Waals surface area (Å²) in [7, 11) is 1.65. The second kappa shape index (κ2) is 5.63. The molecule has 2 N–H and O–H groups in total. The van der Waals surface area contributed by atoms with Gasteiger partial charge < -0.3 is 15.0 Å². The zero-order chi connectivity index (χ0) is 13.9. The van der Waals surface area contributed by atoms with Crippen LogP contribution in [0.3, 0.4) is 0 Å². The average molecular weight is 273 g/mol. The molecule has 1 saturated carbocycles. The number of benzene rings is 1. The number of aromatic nitrogens is 2. The van der Waals surface area contributed by atoms with Crippen LogP contribution in [0.25, 0.3) is 11.4 Å². The fourth-order valence-corrected chi connectivity index (χ4v) is 2.71. The molecule has 0 bridgehead atoms. The first-order chi connectivity index (χ1) is 9.76. The Kier molecular flexibility index (Phi) is 3.69. The Labute approximate surface area is 118 Å². The molecule has 5 nitrogen and oxygen atoms in total. The highest BCUT2D eigenvalue weighted by atomic mass is 16.5. The number of hydrogen-bond acceptors (Lipinski definition) is 5. The topological polar surface area (TPSA) is 74.2 Å². The summed E-state index contributed by atoms with van der Waals surface area (Å²) < 4.78 is 10.6. The van der Waals surface area contributed by atoms with Crippen molar-refractivity contribution >= 4 is 0 Å². The minimum absolute atomic E-state index is 0.255. The van der Waals surface area contributed by atoms with Crippen molar-refractivity contribution in [2.75, 3.05) is 7.11 Å². The van der Waals surface area contributed by atoms with Crippen LogP contribution in [0.1, 0.15) is 37.5 Å². The molecule has 1 aliphatic carbocycles. The number of ether oxygens (including phenoxy) is 1. The van der Waals surface area contributed by atoms with E-state index in [1.165, 1.54) is 0 Å². The van der Waals surface area contributed by atoms with E-state index in [0.717, 1.165) is 37.0 Å². The predicted molar refractivity (Wildman–Crippen MR) is 75.5 cm³/mol. The summed E-state index contributed by atoms with van der Waals surface area (Å²) >= 11 is 0. The van der Waals surface area contributed by atoms with E-state index in [2.05, 4.69) is 10.1 Å². The van der Waals surface area contributed by atoms with Gasteiger partial charge in [-0.3, -0.25) is 0 Å². The lowest BCUT2D eigenvalue weighted by Crippen LogP contribution is -2.26. The van der Waals surface area contributed by atoms with Gasteiger partial charge in [-0.2, -0.15) is 4.98 Å². The molecule has 2 aromatic rings. The van der Waals surface area contributed by atoms with E-state index < -0.39 is 0 Å².